The Kier molecular flexibility index (Phi) is 8.81. The molecule has 0 aromatic carbocycles. The van der Waals surface area contributed by atoms with E-state index in [4.69, 9.17) is 19.7 Å². The summed E-state index contributed by atoms with van der Waals surface area (Å²) >= 11 is 0. The first-order valence-electron chi connectivity index (χ1n) is 4.26. The summed E-state index contributed by atoms with van der Waals surface area (Å²) in [5.74, 6) is 0. The molecule has 1 unspecified atom stereocenters. The minimum atomic E-state index is 0.108. The Morgan fingerprint density at radius 1 is 1.50 bits per heavy atom. The molecule has 1 atom stereocenters. The molecule has 0 aromatic rings. The van der Waals surface area contributed by atoms with E-state index >= 15 is 0 Å². The van der Waals surface area contributed by atoms with Crippen LogP contribution in [0.5, 0.6) is 0 Å². The monoisotopic (exact) mass is 178 g/mol. The van der Waals surface area contributed by atoms with Crippen molar-refractivity contribution in [2.24, 2.45) is 0 Å². The Balaban J connectivity index is 0.000000354. The Morgan fingerprint density at radius 2 is 2.17 bits per heavy atom. The zero-order chi connectivity index (χ0) is 9.23. The van der Waals surface area contributed by atoms with Crippen LogP contribution in [0.4, 0.5) is 0 Å². The van der Waals surface area contributed by atoms with E-state index in [0.717, 1.165) is 13.0 Å². The molecular weight excluding hydrogens is 160 g/mol. The lowest BCUT2D eigenvalue weighted by Gasteiger charge is -2.06. The fourth-order valence-electron chi connectivity index (χ4n) is 0.864. The molecule has 0 aliphatic carbocycles. The number of hydrogen-bond donors (Lipinski definition) is 2. The average Bonchev–Trinajstić information content (AvgIpc) is 2.54. The predicted molar refractivity (Wildman–Crippen MR) is 45.0 cm³/mol. The fraction of sp³-hybridized carbons (Fsp3) is 1.00. The van der Waals surface area contributed by atoms with Crippen LogP contribution in [0.3, 0.4) is 0 Å². The van der Waals surface area contributed by atoms with Crippen molar-refractivity contribution in [1.82, 2.24) is 0 Å². The first kappa shape index (κ1) is 11.8. The van der Waals surface area contributed by atoms with Gasteiger partial charge < -0.3 is 19.7 Å². The van der Waals surface area contributed by atoms with Crippen LogP contribution in [0.1, 0.15) is 13.3 Å². The molecule has 0 bridgehead atoms. The van der Waals surface area contributed by atoms with Gasteiger partial charge in [0.05, 0.1) is 25.9 Å². The lowest BCUT2D eigenvalue weighted by Crippen LogP contribution is -2.14. The van der Waals surface area contributed by atoms with E-state index < -0.39 is 0 Å². The van der Waals surface area contributed by atoms with Gasteiger partial charge in [0.15, 0.2) is 0 Å². The molecule has 1 aliphatic heterocycles. The molecule has 1 rings (SSSR count). The smallest absolute Gasteiger partial charge is 0.0831 e. The molecule has 1 fully saturated rings. The summed E-state index contributed by atoms with van der Waals surface area (Å²) in [5.41, 5.74) is 0. The van der Waals surface area contributed by atoms with Crippen molar-refractivity contribution in [3.05, 3.63) is 0 Å². The van der Waals surface area contributed by atoms with Gasteiger partial charge in [-0.25, -0.2) is 0 Å². The number of aliphatic hydroxyl groups excluding tert-OH is 2. The van der Waals surface area contributed by atoms with Crippen molar-refractivity contribution >= 4 is 0 Å². The van der Waals surface area contributed by atoms with E-state index in [9.17, 15) is 0 Å². The highest BCUT2D eigenvalue weighted by atomic mass is 16.5. The van der Waals surface area contributed by atoms with Gasteiger partial charge in [0.1, 0.15) is 0 Å². The molecule has 1 saturated heterocycles. The van der Waals surface area contributed by atoms with Crippen molar-refractivity contribution in [3.63, 3.8) is 0 Å². The highest BCUT2D eigenvalue weighted by molar-refractivity contribution is 4.62. The highest BCUT2D eigenvalue weighted by Crippen LogP contribution is 2.06. The highest BCUT2D eigenvalue weighted by Gasteiger charge is 2.14. The van der Waals surface area contributed by atoms with E-state index in [1.165, 1.54) is 0 Å². The van der Waals surface area contributed by atoms with E-state index in [1.807, 2.05) is 0 Å². The summed E-state index contributed by atoms with van der Waals surface area (Å²) in [4.78, 5) is 0. The molecule has 1 heterocycles. The van der Waals surface area contributed by atoms with Crippen LogP contribution in [-0.4, -0.2) is 49.4 Å². The second-order valence-electron chi connectivity index (χ2n) is 2.40. The lowest BCUT2D eigenvalue weighted by atomic mass is 10.3. The molecule has 1 aliphatic rings. The molecule has 12 heavy (non-hydrogen) atoms. The predicted octanol–water partition coefficient (Wildman–Crippen LogP) is -0.217. The third-order valence-electron chi connectivity index (χ3n) is 1.33. The maximum atomic E-state index is 8.36. The zero-order valence-corrected chi connectivity index (χ0v) is 7.53. The summed E-state index contributed by atoms with van der Waals surface area (Å²) in [7, 11) is 0. The molecular formula is C8H18O4. The fourth-order valence-corrected chi connectivity index (χ4v) is 0.864. The van der Waals surface area contributed by atoms with Crippen LogP contribution in [0.25, 0.3) is 0 Å². The van der Waals surface area contributed by atoms with Crippen molar-refractivity contribution in [2.75, 3.05) is 33.0 Å². The van der Waals surface area contributed by atoms with E-state index in [1.54, 1.807) is 6.92 Å². The molecule has 0 amide bonds. The largest absolute Gasteiger partial charge is 0.397 e. The van der Waals surface area contributed by atoms with Gasteiger partial charge in [-0.1, -0.05) is 0 Å². The molecule has 0 spiro atoms. The molecule has 0 saturated carbocycles. The number of hydrogen-bond acceptors (Lipinski definition) is 4. The summed E-state index contributed by atoms with van der Waals surface area (Å²) in [6.45, 7) is 3.97. The van der Waals surface area contributed by atoms with E-state index in [2.05, 4.69) is 0 Å². The average molecular weight is 178 g/mol. The summed E-state index contributed by atoms with van der Waals surface area (Å²) < 4.78 is 10.2. The molecule has 4 heteroatoms. The second-order valence-corrected chi connectivity index (χ2v) is 2.40. The molecule has 0 aromatic heterocycles. The van der Waals surface area contributed by atoms with Crippen LogP contribution in [-0.2, 0) is 9.47 Å². The van der Waals surface area contributed by atoms with Gasteiger partial charge in [0.2, 0.25) is 0 Å². The van der Waals surface area contributed by atoms with Crippen LogP contribution >= 0.6 is 0 Å². The van der Waals surface area contributed by atoms with Gasteiger partial charge in [-0.05, 0) is 13.3 Å². The SMILES string of the molecule is CCO.OCCOC1CCOC1. The first-order chi connectivity index (χ1) is 5.85. The number of aliphatic hydroxyl groups is 2. The molecule has 4 nitrogen and oxygen atoms in total. The number of ether oxygens (including phenoxy) is 2. The summed E-state index contributed by atoms with van der Waals surface area (Å²) in [6.07, 6.45) is 1.21. The van der Waals surface area contributed by atoms with Crippen molar-refractivity contribution in [1.29, 1.82) is 0 Å². The van der Waals surface area contributed by atoms with Gasteiger partial charge >= 0.3 is 0 Å². The maximum Gasteiger partial charge on any atom is 0.0831 e. The minimum absolute atomic E-state index is 0.108. The Labute approximate surface area is 73.1 Å². The van der Waals surface area contributed by atoms with Crippen LogP contribution in [0.15, 0.2) is 0 Å². The molecule has 0 radical (unpaired) electrons. The van der Waals surface area contributed by atoms with Crippen LogP contribution in [0.2, 0.25) is 0 Å². The van der Waals surface area contributed by atoms with E-state index in [0.29, 0.717) is 13.2 Å². The van der Waals surface area contributed by atoms with Crippen LogP contribution < -0.4 is 0 Å². The van der Waals surface area contributed by atoms with Crippen molar-refractivity contribution in [2.45, 2.75) is 19.4 Å². The second kappa shape index (κ2) is 8.93. The Hall–Kier alpha value is -0.160. The standard InChI is InChI=1S/C6H12O3.C2H6O/c7-2-4-9-6-1-3-8-5-6;1-2-3/h6-7H,1-5H2;3H,2H2,1H3. The third-order valence-corrected chi connectivity index (χ3v) is 1.33. The van der Waals surface area contributed by atoms with Gasteiger partial charge in [0.25, 0.3) is 0 Å². The minimum Gasteiger partial charge on any atom is -0.397 e. The van der Waals surface area contributed by atoms with Gasteiger partial charge in [0, 0.05) is 13.2 Å². The van der Waals surface area contributed by atoms with Crippen LogP contribution in [0, 0.1) is 0 Å². The Bertz CT molecular complexity index is 81.1. The van der Waals surface area contributed by atoms with E-state index in [-0.39, 0.29) is 19.3 Å². The zero-order valence-electron chi connectivity index (χ0n) is 7.53. The summed E-state index contributed by atoms with van der Waals surface area (Å²) in [6, 6.07) is 0. The quantitative estimate of drug-likeness (QED) is 0.627. The van der Waals surface area contributed by atoms with Crippen molar-refractivity contribution < 1.29 is 19.7 Å². The number of rotatable bonds is 3. The van der Waals surface area contributed by atoms with Crippen molar-refractivity contribution in [3.8, 4) is 0 Å². The Morgan fingerprint density at radius 3 is 2.58 bits per heavy atom. The topological polar surface area (TPSA) is 58.9 Å². The normalized spacial score (nSPS) is 21.8. The molecule has 74 valence electrons. The van der Waals surface area contributed by atoms with Gasteiger partial charge in [-0.15, -0.1) is 0 Å². The van der Waals surface area contributed by atoms with Gasteiger partial charge in [-0.3, -0.25) is 0 Å². The first-order valence-corrected chi connectivity index (χ1v) is 4.26. The third kappa shape index (κ3) is 6.54. The lowest BCUT2D eigenvalue weighted by molar-refractivity contribution is 0.0222. The van der Waals surface area contributed by atoms with Gasteiger partial charge in [-0.2, -0.15) is 0 Å². The molecule has 2 N–H and O–H groups in total. The summed E-state index contributed by atoms with van der Waals surface area (Å²) in [5, 5.41) is 15.9. The maximum absolute atomic E-state index is 8.36.